The van der Waals surface area contributed by atoms with Crippen molar-refractivity contribution in [3.05, 3.63) is 212 Å². The zero-order valence-electron chi connectivity index (χ0n) is 32.0. The van der Waals surface area contributed by atoms with Crippen molar-refractivity contribution in [2.75, 3.05) is 4.90 Å². The van der Waals surface area contributed by atoms with Crippen LogP contribution >= 0.6 is 11.3 Å². The highest BCUT2D eigenvalue weighted by molar-refractivity contribution is 7.26. The molecule has 0 aliphatic heterocycles. The second-order valence-electron chi connectivity index (χ2n) is 15.3. The molecule has 0 aliphatic rings. The molecule has 0 atom stereocenters. The van der Waals surface area contributed by atoms with Gasteiger partial charge in [0.05, 0.1) is 0 Å². The largest absolute Gasteiger partial charge is 0.455 e. The third kappa shape index (κ3) is 5.62. The van der Waals surface area contributed by atoms with E-state index in [9.17, 15) is 0 Å². The average Bonchev–Trinajstić information content (AvgIpc) is 3.89. The van der Waals surface area contributed by atoms with E-state index in [0.29, 0.717) is 0 Å². The molecule has 2 aromatic heterocycles. The molecule has 0 aliphatic carbocycles. The first kappa shape index (κ1) is 33.7. The van der Waals surface area contributed by atoms with Crippen molar-refractivity contribution in [3.8, 4) is 33.4 Å². The molecule has 0 radical (unpaired) electrons. The molecule has 276 valence electrons. The third-order valence-corrected chi connectivity index (χ3v) is 13.1. The van der Waals surface area contributed by atoms with Gasteiger partial charge in [0.2, 0.25) is 0 Å². The Morgan fingerprint density at radius 1 is 0.356 bits per heavy atom. The number of thiophene rings is 1. The minimum Gasteiger partial charge on any atom is -0.455 e. The van der Waals surface area contributed by atoms with E-state index >= 15 is 0 Å². The molecule has 0 spiro atoms. The molecule has 0 N–H and O–H groups in total. The van der Waals surface area contributed by atoms with E-state index in [2.05, 4.69) is 217 Å². The number of hydrogen-bond acceptors (Lipinski definition) is 3. The molecule has 12 aromatic rings. The highest BCUT2D eigenvalue weighted by Crippen LogP contribution is 2.44. The molecule has 0 bridgehead atoms. The summed E-state index contributed by atoms with van der Waals surface area (Å²) >= 11 is 1.87. The summed E-state index contributed by atoms with van der Waals surface area (Å²) < 4.78 is 9.25. The van der Waals surface area contributed by atoms with Crippen molar-refractivity contribution < 1.29 is 4.42 Å². The van der Waals surface area contributed by atoms with Crippen LogP contribution in [0.15, 0.2) is 217 Å². The maximum Gasteiger partial charge on any atom is 0.143 e. The van der Waals surface area contributed by atoms with Gasteiger partial charge in [0, 0.05) is 53.4 Å². The zero-order valence-corrected chi connectivity index (χ0v) is 32.8. The lowest BCUT2D eigenvalue weighted by Crippen LogP contribution is -2.10. The smallest absolute Gasteiger partial charge is 0.143 e. The number of furan rings is 1. The lowest BCUT2D eigenvalue weighted by atomic mass is 9.97. The Hall–Kier alpha value is -7.46. The van der Waals surface area contributed by atoms with Crippen molar-refractivity contribution in [2.24, 2.45) is 0 Å². The Morgan fingerprint density at radius 2 is 0.983 bits per heavy atom. The van der Waals surface area contributed by atoms with Crippen molar-refractivity contribution in [2.45, 2.75) is 0 Å². The van der Waals surface area contributed by atoms with Crippen LogP contribution in [0.4, 0.5) is 17.1 Å². The van der Waals surface area contributed by atoms with Crippen LogP contribution < -0.4 is 4.90 Å². The van der Waals surface area contributed by atoms with Gasteiger partial charge in [-0.3, -0.25) is 0 Å². The van der Waals surface area contributed by atoms with Gasteiger partial charge in [-0.1, -0.05) is 152 Å². The zero-order chi connectivity index (χ0) is 38.9. The van der Waals surface area contributed by atoms with Crippen LogP contribution in [-0.4, -0.2) is 0 Å². The summed E-state index contributed by atoms with van der Waals surface area (Å²) in [5, 5.41) is 9.67. The maximum atomic E-state index is 6.61. The molecular formula is C56H35NOS. The number of anilines is 3. The van der Waals surface area contributed by atoms with Gasteiger partial charge >= 0.3 is 0 Å². The van der Waals surface area contributed by atoms with Crippen LogP contribution in [0.2, 0.25) is 0 Å². The molecule has 0 saturated carbocycles. The van der Waals surface area contributed by atoms with Crippen LogP contribution in [-0.2, 0) is 0 Å². The van der Waals surface area contributed by atoms with E-state index in [1.165, 1.54) is 58.6 Å². The molecule has 12 rings (SSSR count). The van der Waals surface area contributed by atoms with Gasteiger partial charge in [0.15, 0.2) is 0 Å². The van der Waals surface area contributed by atoms with Crippen LogP contribution in [0.25, 0.3) is 97.0 Å². The summed E-state index contributed by atoms with van der Waals surface area (Å²) in [5.41, 5.74) is 12.2. The Labute approximate surface area is 345 Å². The normalized spacial score (nSPS) is 11.7. The molecule has 10 aromatic carbocycles. The number of rotatable bonds is 6. The molecule has 2 heterocycles. The molecular weight excluding hydrogens is 735 g/mol. The standard InChI is InChI=1S/C56H35NOS/c1-2-13-39-33-41(26-25-36(39)11-1)40-14-7-16-44(34-40)57(43-30-27-38(28-31-43)48-21-9-22-50-49-19-5-6-24-53(49)59-56(48)50)45-17-8-15-42(35-45)46-20-10-23-52-54(46)51-32-29-37-12-3-4-18-47(37)55(51)58-52/h1-35H. The van der Waals surface area contributed by atoms with Gasteiger partial charge in [-0.25, -0.2) is 0 Å². The van der Waals surface area contributed by atoms with Gasteiger partial charge in [-0.05, 0) is 110 Å². The lowest BCUT2D eigenvalue weighted by molar-refractivity contribution is 0.673. The summed E-state index contributed by atoms with van der Waals surface area (Å²) in [5.74, 6) is 0. The Kier molecular flexibility index (Phi) is 7.75. The third-order valence-electron chi connectivity index (χ3n) is 11.8. The first-order valence-corrected chi connectivity index (χ1v) is 20.9. The number of fused-ring (bicyclic) bond motifs is 9. The van der Waals surface area contributed by atoms with E-state index in [1.807, 2.05) is 11.3 Å². The SMILES string of the molecule is c1cc(-c2ccc3ccccc3c2)cc(N(c2ccc(-c3cccc4c3sc3ccccc34)cc2)c2cccc(-c3cccc4oc5c6ccccc6ccc5c34)c2)c1. The Morgan fingerprint density at radius 3 is 1.85 bits per heavy atom. The van der Waals surface area contributed by atoms with E-state index < -0.39 is 0 Å². The van der Waals surface area contributed by atoms with Crippen LogP contribution in [0.1, 0.15) is 0 Å². The minimum absolute atomic E-state index is 0.892. The fraction of sp³-hybridized carbons (Fsp3) is 0. The van der Waals surface area contributed by atoms with Gasteiger partial charge in [0.1, 0.15) is 11.2 Å². The van der Waals surface area contributed by atoms with Crippen molar-refractivity contribution in [3.63, 3.8) is 0 Å². The molecule has 0 saturated heterocycles. The van der Waals surface area contributed by atoms with Crippen molar-refractivity contribution >= 4 is 92.1 Å². The van der Waals surface area contributed by atoms with Gasteiger partial charge in [-0.15, -0.1) is 11.3 Å². The topological polar surface area (TPSA) is 16.4 Å². The lowest BCUT2D eigenvalue weighted by Gasteiger charge is -2.27. The number of hydrogen-bond donors (Lipinski definition) is 0. The first-order chi connectivity index (χ1) is 29.2. The summed E-state index contributed by atoms with van der Waals surface area (Å²) in [4.78, 5) is 2.39. The Balaban J connectivity index is 1.01. The maximum absolute atomic E-state index is 6.61. The Bertz CT molecular complexity index is 3570. The van der Waals surface area contributed by atoms with Crippen LogP contribution in [0.3, 0.4) is 0 Å². The summed E-state index contributed by atoms with van der Waals surface area (Å²) in [7, 11) is 0. The fourth-order valence-corrected chi connectivity index (χ4v) is 10.3. The number of benzene rings is 10. The van der Waals surface area contributed by atoms with E-state index in [-0.39, 0.29) is 0 Å². The van der Waals surface area contributed by atoms with E-state index in [0.717, 1.165) is 55.5 Å². The predicted octanol–water partition coefficient (Wildman–Crippen LogP) is 16.7. The molecule has 0 fully saturated rings. The quantitative estimate of drug-likeness (QED) is 0.167. The van der Waals surface area contributed by atoms with Gasteiger partial charge in [0.25, 0.3) is 0 Å². The van der Waals surface area contributed by atoms with Crippen molar-refractivity contribution in [1.82, 2.24) is 0 Å². The second-order valence-corrected chi connectivity index (χ2v) is 16.3. The predicted molar refractivity (Wildman–Crippen MR) is 253 cm³/mol. The van der Waals surface area contributed by atoms with Gasteiger partial charge < -0.3 is 9.32 Å². The molecule has 2 nitrogen and oxygen atoms in total. The van der Waals surface area contributed by atoms with Crippen LogP contribution in [0, 0.1) is 0 Å². The highest BCUT2D eigenvalue weighted by Gasteiger charge is 2.19. The summed E-state index contributed by atoms with van der Waals surface area (Å²) in [6.07, 6.45) is 0. The molecule has 3 heteroatoms. The number of nitrogens with zero attached hydrogens (tertiary/aromatic N) is 1. The van der Waals surface area contributed by atoms with E-state index in [4.69, 9.17) is 4.42 Å². The monoisotopic (exact) mass is 769 g/mol. The minimum atomic E-state index is 0.892. The first-order valence-electron chi connectivity index (χ1n) is 20.1. The second kappa shape index (κ2) is 13.6. The van der Waals surface area contributed by atoms with Crippen molar-refractivity contribution in [1.29, 1.82) is 0 Å². The van der Waals surface area contributed by atoms with Gasteiger partial charge in [-0.2, -0.15) is 0 Å². The molecule has 59 heavy (non-hydrogen) atoms. The fourth-order valence-electron chi connectivity index (χ4n) is 9.01. The highest BCUT2D eigenvalue weighted by atomic mass is 32.1. The van der Waals surface area contributed by atoms with Crippen LogP contribution in [0.5, 0.6) is 0 Å². The summed E-state index contributed by atoms with van der Waals surface area (Å²) in [6, 6.07) is 77.0. The summed E-state index contributed by atoms with van der Waals surface area (Å²) in [6.45, 7) is 0. The molecule has 0 unspecified atom stereocenters. The average molecular weight is 770 g/mol. The molecule has 0 amide bonds. The van der Waals surface area contributed by atoms with E-state index in [1.54, 1.807) is 0 Å².